The molecule has 0 unspecified atom stereocenters. The number of carbonyl (C=O) groups excluding carboxylic acids is 2. The summed E-state index contributed by atoms with van der Waals surface area (Å²) < 4.78 is 4.93. The molecule has 0 heterocycles. The molecule has 0 spiro atoms. The molecule has 1 rings (SSSR count). The summed E-state index contributed by atoms with van der Waals surface area (Å²) in [7, 11) is 3.98. The molecule has 0 aliphatic carbocycles. The molecule has 1 aromatic rings. The zero-order valence-corrected chi connectivity index (χ0v) is 14.8. The van der Waals surface area contributed by atoms with E-state index in [0.717, 1.165) is 13.0 Å². The van der Waals surface area contributed by atoms with Crippen LogP contribution >= 0.6 is 11.6 Å². The highest BCUT2D eigenvalue weighted by Gasteiger charge is 2.17. The van der Waals surface area contributed by atoms with Crippen LogP contribution in [-0.4, -0.2) is 62.0 Å². The second kappa shape index (κ2) is 10.2. The first-order valence-corrected chi connectivity index (χ1v) is 8.17. The zero-order chi connectivity index (χ0) is 17.2. The number of hydrogen-bond donors (Lipinski definition) is 0. The van der Waals surface area contributed by atoms with Crippen molar-refractivity contribution < 1.29 is 14.3 Å². The summed E-state index contributed by atoms with van der Waals surface area (Å²) in [6, 6.07) is 6.79. The number of hydrogen-bond acceptors (Lipinski definition) is 4. The smallest absolute Gasteiger partial charge is 0.307 e. The Balaban J connectivity index is 2.69. The number of benzene rings is 1. The summed E-state index contributed by atoms with van der Waals surface area (Å²) in [6.45, 7) is 3.95. The highest BCUT2D eigenvalue weighted by molar-refractivity contribution is 6.30. The molecule has 0 saturated heterocycles. The van der Waals surface area contributed by atoms with Crippen LogP contribution in [-0.2, 0) is 9.53 Å². The maximum atomic E-state index is 12.6. The van der Waals surface area contributed by atoms with Gasteiger partial charge in [0.1, 0.15) is 0 Å². The van der Waals surface area contributed by atoms with E-state index in [1.54, 1.807) is 36.1 Å². The Morgan fingerprint density at radius 1 is 1.09 bits per heavy atom. The average molecular weight is 341 g/mol. The van der Waals surface area contributed by atoms with Crippen molar-refractivity contribution in [1.82, 2.24) is 9.80 Å². The molecule has 0 aromatic heterocycles. The van der Waals surface area contributed by atoms with Crippen molar-refractivity contribution in [3.8, 4) is 0 Å². The van der Waals surface area contributed by atoms with Gasteiger partial charge < -0.3 is 14.5 Å². The SMILES string of the molecule is CCOC(=O)CCN(CCCN(C)C)C(=O)c1ccc(Cl)cc1. The minimum Gasteiger partial charge on any atom is -0.466 e. The molecule has 0 aliphatic heterocycles. The number of esters is 1. The summed E-state index contributed by atoms with van der Waals surface area (Å²) in [5.41, 5.74) is 0.572. The van der Waals surface area contributed by atoms with Gasteiger partial charge in [0, 0.05) is 23.7 Å². The molecule has 0 fully saturated rings. The monoisotopic (exact) mass is 340 g/mol. The molecule has 1 aromatic carbocycles. The van der Waals surface area contributed by atoms with Crippen LogP contribution in [0.5, 0.6) is 0 Å². The van der Waals surface area contributed by atoms with E-state index in [1.165, 1.54) is 0 Å². The molecule has 6 heteroatoms. The minimum absolute atomic E-state index is 0.0929. The lowest BCUT2D eigenvalue weighted by atomic mass is 10.2. The van der Waals surface area contributed by atoms with Gasteiger partial charge in [-0.3, -0.25) is 9.59 Å². The Kier molecular flexibility index (Phi) is 8.66. The van der Waals surface area contributed by atoms with Crippen molar-refractivity contribution in [2.75, 3.05) is 40.3 Å². The zero-order valence-electron chi connectivity index (χ0n) is 14.0. The van der Waals surface area contributed by atoms with E-state index in [1.807, 2.05) is 14.1 Å². The number of rotatable bonds is 9. The lowest BCUT2D eigenvalue weighted by Crippen LogP contribution is -2.35. The van der Waals surface area contributed by atoms with Gasteiger partial charge in [0.25, 0.3) is 5.91 Å². The number of ether oxygens (including phenoxy) is 1. The first-order chi connectivity index (χ1) is 10.9. The highest BCUT2D eigenvalue weighted by Crippen LogP contribution is 2.12. The third-order valence-corrected chi connectivity index (χ3v) is 3.55. The first kappa shape index (κ1) is 19.5. The summed E-state index contributed by atoms with van der Waals surface area (Å²) in [4.78, 5) is 27.9. The van der Waals surface area contributed by atoms with E-state index in [-0.39, 0.29) is 18.3 Å². The Morgan fingerprint density at radius 3 is 2.30 bits per heavy atom. The first-order valence-electron chi connectivity index (χ1n) is 7.79. The van der Waals surface area contributed by atoms with Gasteiger partial charge in [-0.15, -0.1) is 0 Å². The van der Waals surface area contributed by atoms with Crippen LogP contribution in [0.15, 0.2) is 24.3 Å². The Bertz CT molecular complexity index is 503. The van der Waals surface area contributed by atoms with Crippen LogP contribution in [0.25, 0.3) is 0 Å². The van der Waals surface area contributed by atoms with E-state index >= 15 is 0 Å². The van der Waals surface area contributed by atoms with Crippen molar-refractivity contribution in [1.29, 1.82) is 0 Å². The minimum atomic E-state index is -0.283. The second-order valence-corrected chi connectivity index (χ2v) is 5.95. The summed E-state index contributed by atoms with van der Waals surface area (Å²) >= 11 is 5.86. The molecule has 0 N–H and O–H groups in total. The van der Waals surface area contributed by atoms with Crippen molar-refractivity contribution in [2.45, 2.75) is 19.8 Å². The fourth-order valence-corrected chi connectivity index (χ4v) is 2.25. The van der Waals surface area contributed by atoms with Crippen molar-refractivity contribution >= 4 is 23.5 Å². The number of amides is 1. The van der Waals surface area contributed by atoms with Gasteiger partial charge in [0.2, 0.25) is 0 Å². The van der Waals surface area contributed by atoms with E-state index < -0.39 is 0 Å². The van der Waals surface area contributed by atoms with Crippen LogP contribution in [0.2, 0.25) is 5.02 Å². The molecular formula is C17H25ClN2O3. The topological polar surface area (TPSA) is 49.9 Å². The fraction of sp³-hybridized carbons (Fsp3) is 0.529. The standard InChI is InChI=1S/C17H25ClN2O3/c1-4-23-16(21)10-13-20(12-5-11-19(2)3)17(22)14-6-8-15(18)9-7-14/h6-9H,4-5,10-13H2,1-3H3. The van der Waals surface area contributed by atoms with Gasteiger partial charge >= 0.3 is 5.97 Å². The third kappa shape index (κ3) is 7.48. The van der Waals surface area contributed by atoms with Crippen molar-refractivity contribution in [3.63, 3.8) is 0 Å². The van der Waals surface area contributed by atoms with Crippen LogP contribution in [0.1, 0.15) is 30.1 Å². The van der Waals surface area contributed by atoms with E-state index in [0.29, 0.717) is 30.3 Å². The number of nitrogens with zero attached hydrogens (tertiary/aromatic N) is 2. The highest BCUT2D eigenvalue weighted by atomic mass is 35.5. The third-order valence-electron chi connectivity index (χ3n) is 3.30. The fourth-order valence-electron chi connectivity index (χ4n) is 2.13. The molecule has 128 valence electrons. The van der Waals surface area contributed by atoms with E-state index in [4.69, 9.17) is 16.3 Å². The van der Waals surface area contributed by atoms with Crippen molar-refractivity contribution in [2.24, 2.45) is 0 Å². The average Bonchev–Trinajstić information content (AvgIpc) is 2.50. The molecule has 0 aliphatic rings. The Labute approximate surface area is 143 Å². The largest absolute Gasteiger partial charge is 0.466 e. The molecule has 0 bridgehead atoms. The van der Waals surface area contributed by atoms with Gasteiger partial charge in [-0.2, -0.15) is 0 Å². The van der Waals surface area contributed by atoms with Crippen LogP contribution in [0.4, 0.5) is 0 Å². The van der Waals surface area contributed by atoms with Crippen LogP contribution in [0.3, 0.4) is 0 Å². The van der Waals surface area contributed by atoms with Gasteiger partial charge in [-0.1, -0.05) is 11.6 Å². The normalized spacial score (nSPS) is 10.7. The Morgan fingerprint density at radius 2 is 1.74 bits per heavy atom. The molecular weight excluding hydrogens is 316 g/mol. The molecule has 5 nitrogen and oxygen atoms in total. The van der Waals surface area contributed by atoms with Crippen LogP contribution < -0.4 is 0 Å². The molecule has 0 atom stereocenters. The van der Waals surface area contributed by atoms with E-state index in [2.05, 4.69) is 4.90 Å². The van der Waals surface area contributed by atoms with Gasteiger partial charge in [0.05, 0.1) is 13.0 Å². The van der Waals surface area contributed by atoms with Gasteiger partial charge in [0.15, 0.2) is 0 Å². The Hall–Kier alpha value is -1.59. The number of carbonyl (C=O) groups is 2. The second-order valence-electron chi connectivity index (χ2n) is 5.51. The van der Waals surface area contributed by atoms with Gasteiger partial charge in [-0.25, -0.2) is 0 Å². The lowest BCUT2D eigenvalue weighted by Gasteiger charge is -2.23. The van der Waals surface area contributed by atoms with E-state index in [9.17, 15) is 9.59 Å². The maximum absolute atomic E-state index is 12.6. The molecule has 1 amide bonds. The quantitative estimate of drug-likeness (QED) is 0.648. The van der Waals surface area contributed by atoms with Gasteiger partial charge in [-0.05, 0) is 58.3 Å². The van der Waals surface area contributed by atoms with Crippen molar-refractivity contribution in [3.05, 3.63) is 34.9 Å². The molecule has 23 heavy (non-hydrogen) atoms. The molecule has 0 saturated carbocycles. The summed E-state index contributed by atoms with van der Waals surface area (Å²) in [6.07, 6.45) is 1.05. The maximum Gasteiger partial charge on any atom is 0.307 e. The predicted molar refractivity (Wildman–Crippen MR) is 91.8 cm³/mol. The summed E-state index contributed by atoms with van der Waals surface area (Å²) in [5.74, 6) is -0.376. The predicted octanol–water partition coefficient (Wildman–Crippen LogP) is 2.69. The lowest BCUT2D eigenvalue weighted by molar-refractivity contribution is -0.143. The number of halogens is 1. The van der Waals surface area contributed by atoms with Crippen LogP contribution in [0, 0.1) is 0 Å². The summed E-state index contributed by atoms with van der Waals surface area (Å²) in [5, 5.41) is 0.590. The molecule has 0 radical (unpaired) electrons.